The highest BCUT2D eigenvalue weighted by Crippen LogP contribution is 2.39. The lowest BCUT2D eigenvalue weighted by Crippen LogP contribution is -2.39. The van der Waals surface area contributed by atoms with Crippen LogP contribution in [0, 0.1) is 11.3 Å². The molecule has 1 aromatic heterocycles. The van der Waals surface area contributed by atoms with Crippen LogP contribution in [0.5, 0.6) is 11.5 Å². The number of likely N-dealkylation sites (N-methyl/N-ethyl adjacent to an activating group) is 1. The number of hydrogen-bond donors (Lipinski definition) is 1. The Labute approximate surface area is 213 Å². The maximum atomic E-state index is 13.3. The van der Waals surface area contributed by atoms with Crippen molar-refractivity contribution in [1.29, 1.82) is 5.26 Å². The number of aryl methyl sites for hydroxylation is 1. The van der Waals surface area contributed by atoms with Crippen molar-refractivity contribution in [2.45, 2.75) is 44.1 Å². The molecule has 0 aliphatic carbocycles. The summed E-state index contributed by atoms with van der Waals surface area (Å²) in [5.41, 5.74) is 2.31. The zero-order chi connectivity index (χ0) is 25.9. The minimum Gasteiger partial charge on any atom is -0.456 e. The van der Waals surface area contributed by atoms with Gasteiger partial charge >= 0.3 is 0 Å². The summed E-state index contributed by atoms with van der Waals surface area (Å²) in [6, 6.07) is 15.7. The summed E-state index contributed by atoms with van der Waals surface area (Å²) in [5.74, 6) is 1.35. The Kier molecular flexibility index (Phi) is 7.30. The van der Waals surface area contributed by atoms with Gasteiger partial charge in [-0.05, 0) is 82.2 Å². The Bertz CT molecular complexity index is 1290. The third-order valence-corrected chi connectivity index (χ3v) is 7.82. The normalized spacial score (nSPS) is 20.4. The first-order valence-corrected chi connectivity index (χ1v) is 12.5. The number of nitrogens with one attached hydrogen (secondary N) is 1. The van der Waals surface area contributed by atoms with Gasteiger partial charge in [0.1, 0.15) is 17.6 Å². The molecule has 1 aliphatic heterocycles. The van der Waals surface area contributed by atoms with Crippen molar-refractivity contribution in [1.82, 2.24) is 19.8 Å². The summed E-state index contributed by atoms with van der Waals surface area (Å²) in [6.45, 7) is 5.54. The van der Waals surface area contributed by atoms with E-state index < -0.39 is 11.0 Å². The summed E-state index contributed by atoms with van der Waals surface area (Å²) >= 11 is 0. The molecule has 1 saturated heterocycles. The van der Waals surface area contributed by atoms with Gasteiger partial charge in [0.05, 0.1) is 41.3 Å². The molecule has 0 bridgehead atoms. The highest BCUT2D eigenvalue weighted by molar-refractivity contribution is 5.92. The first-order valence-electron chi connectivity index (χ1n) is 12.5. The SMILES string of the molecule is CCC1(c2cccc(Oc3cc(C(C)(NC)c4cncn4C)ccc3C#N)c2)CCCN(C)CC1=O. The van der Waals surface area contributed by atoms with Crippen LogP contribution < -0.4 is 10.1 Å². The fraction of sp³-hybridized carbons (Fsp3) is 0.414. The molecule has 7 heteroatoms. The molecule has 1 fully saturated rings. The number of aromatic nitrogens is 2. The van der Waals surface area contributed by atoms with Gasteiger partial charge in [-0.1, -0.05) is 25.1 Å². The molecule has 2 unspecified atom stereocenters. The number of rotatable bonds is 7. The van der Waals surface area contributed by atoms with Gasteiger partial charge < -0.3 is 14.6 Å². The fourth-order valence-corrected chi connectivity index (χ4v) is 5.40. The number of benzene rings is 2. The molecule has 1 aliphatic rings. The van der Waals surface area contributed by atoms with Gasteiger partial charge in [-0.3, -0.25) is 9.69 Å². The number of ether oxygens (including phenoxy) is 1. The molecule has 188 valence electrons. The Morgan fingerprint density at radius 3 is 2.72 bits per heavy atom. The van der Waals surface area contributed by atoms with Crippen molar-refractivity contribution in [3.8, 4) is 17.6 Å². The maximum absolute atomic E-state index is 13.3. The minimum atomic E-state index is -0.537. The molecule has 3 aromatic rings. The Morgan fingerprint density at radius 1 is 1.25 bits per heavy atom. The molecule has 2 heterocycles. The summed E-state index contributed by atoms with van der Waals surface area (Å²) in [6.07, 6.45) is 6.14. The van der Waals surface area contributed by atoms with Gasteiger partial charge in [-0.15, -0.1) is 0 Å². The number of hydrogen-bond acceptors (Lipinski definition) is 6. The summed E-state index contributed by atoms with van der Waals surface area (Å²) < 4.78 is 8.32. The standard InChI is InChI=1S/C29H35N5O2/c1-6-29(13-8-14-33(4)19-27(29)35)23-9-7-10-24(15-23)36-25-16-22(12-11-21(25)17-30)28(2,31-3)26-18-32-20-34(26)5/h7,9-12,15-16,18,20,31H,6,8,13-14,19H2,1-5H3. The predicted octanol–water partition coefficient (Wildman–Crippen LogP) is 4.51. The van der Waals surface area contributed by atoms with E-state index in [9.17, 15) is 10.1 Å². The molecule has 7 nitrogen and oxygen atoms in total. The van der Waals surface area contributed by atoms with Crippen LogP contribution in [0.4, 0.5) is 0 Å². The Morgan fingerprint density at radius 2 is 2.06 bits per heavy atom. The second-order valence-electron chi connectivity index (χ2n) is 9.92. The van der Waals surface area contributed by atoms with Gasteiger partial charge in [-0.2, -0.15) is 5.26 Å². The van der Waals surface area contributed by atoms with Crippen molar-refractivity contribution >= 4 is 5.78 Å². The Balaban J connectivity index is 1.72. The average molecular weight is 486 g/mol. The van der Waals surface area contributed by atoms with Crippen molar-refractivity contribution in [3.05, 3.63) is 77.4 Å². The molecule has 0 radical (unpaired) electrons. The zero-order valence-electron chi connectivity index (χ0n) is 21.8. The molecule has 1 N–H and O–H groups in total. The van der Waals surface area contributed by atoms with Gasteiger partial charge in [-0.25, -0.2) is 4.98 Å². The third-order valence-electron chi connectivity index (χ3n) is 7.82. The van der Waals surface area contributed by atoms with Crippen LogP contribution in [0.3, 0.4) is 0 Å². The lowest BCUT2D eigenvalue weighted by Gasteiger charge is -2.31. The van der Waals surface area contributed by atoms with Crippen LogP contribution in [-0.4, -0.2) is 47.4 Å². The average Bonchev–Trinajstić information content (AvgIpc) is 3.26. The largest absolute Gasteiger partial charge is 0.456 e. The summed E-state index contributed by atoms with van der Waals surface area (Å²) in [7, 11) is 5.87. The quantitative estimate of drug-likeness (QED) is 0.530. The van der Waals surface area contributed by atoms with Crippen molar-refractivity contribution in [2.75, 3.05) is 27.2 Å². The van der Waals surface area contributed by atoms with E-state index in [0.29, 0.717) is 23.6 Å². The lowest BCUT2D eigenvalue weighted by atomic mass is 9.71. The number of nitriles is 1. The lowest BCUT2D eigenvalue weighted by molar-refractivity contribution is -0.125. The van der Waals surface area contributed by atoms with E-state index in [1.165, 1.54) is 0 Å². The van der Waals surface area contributed by atoms with Gasteiger partial charge in [0, 0.05) is 7.05 Å². The van der Waals surface area contributed by atoms with Crippen molar-refractivity contribution in [3.63, 3.8) is 0 Å². The molecule has 4 rings (SSSR count). The summed E-state index contributed by atoms with van der Waals surface area (Å²) in [5, 5.41) is 13.2. The van der Waals surface area contributed by atoms with Crippen LogP contribution in [0.2, 0.25) is 0 Å². The predicted molar refractivity (Wildman–Crippen MR) is 140 cm³/mol. The van der Waals surface area contributed by atoms with E-state index in [4.69, 9.17) is 4.74 Å². The molecule has 2 atom stereocenters. The topological polar surface area (TPSA) is 83.2 Å². The fourth-order valence-electron chi connectivity index (χ4n) is 5.40. The van der Waals surface area contributed by atoms with Gasteiger partial charge in [0.15, 0.2) is 5.78 Å². The number of carbonyl (C=O) groups is 1. The minimum absolute atomic E-state index is 0.253. The highest BCUT2D eigenvalue weighted by atomic mass is 16.5. The van der Waals surface area contributed by atoms with E-state index in [-0.39, 0.29) is 5.78 Å². The van der Waals surface area contributed by atoms with Crippen molar-refractivity contribution in [2.24, 2.45) is 7.05 Å². The maximum Gasteiger partial charge on any atom is 0.157 e. The number of imidazole rings is 1. The summed E-state index contributed by atoms with van der Waals surface area (Å²) in [4.78, 5) is 19.7. The molecule has 36 heavy (non-hydrogen) atoms. The van der Waals surface area contributed by atoms with Crippen LogP contribution in [0.15, 0.2) is 55.0 Å². The first-order chi connectivity index (χ1) is 17.3. The van der Waals surface area contributed by atoms with E-state index >= 15 is 0 Å². The van der Waals surface area contributed by atoms with Crippen LogP contribution in [0.1, 0.15) is 55.5 Å². The second kappa shape index (κ2) is 10.3. The number of nitrogens with zero attached hydrogens (tertiary/aromatic N) is 4. The van der Waals surface area contributed by atoms with Crippen LogP contribution in [0.25, 0.3) is 0 Å². The van der Waals surface area contributed by atoms with Gasteiger partial charge in [0.25, 0.3) is 0 Å². The molecule has 0 amide bonds. The van der Waals surface area contributed by atoms with E-state index in [0.717, 1.165) is 42.6 Å². The number of likely N-dealkylation sites (tertiary alicyclic amines) is 1. The van der Waals surface area contributed by atoms with Crippen molar-refractivity contribution < 1.29 is 9.53 Å². The monoisotopic (exact) mass is 485 g/mol. The second-order valence-corrected chi connectivity index (χ2v) is 9.92. The first kappa shape index (κ1) is 25.6. The van der Waals surface area contributed by atoms with E-state index in [1.807, 2.05) is 68.3 Å². The Hall–Kier alpha value is -3.47. The molecular weight excluding hydrogens is 450 g/mol. The van der Waals surface area contributed by atoms with Crippen LogP contribution in [-0.2, 0) is 22.8 Å². The molecule has 2 aromatic carbocycles. The highest BCUT2D eigenvalue weighted by Gasteiger charge is 2.40. The molecule has 0 spiro atoms. The van der Waals surface area contributed by atoms with E-state index in [1.54, 1.807) is 12.4 Å². The third kappa shape index (κ3) is 4.55. The zero-order valence-corrected chi connectivity index (χ0v) is 21.8. The number of carbonyl (C=O) groups excluding carboxylic acids is 1. The molecule has 0 saturated carbocycles. The van der Waals surface area contributed by atoms with E-state index in [2.05, 4.69) is 35.1 Å². The smallest absolute Gasteiger partial charge is 0.157 e. The van der Waals surface area contributed by atoms with Crippen LogP contribution >= 0.6 is 0 Å². The number of ketones is 1. The molecular formula is C29H35N5O2. The number of Topliss-reactive ketones (excluding diaryl/α,β-unsaturated/α-hetero) is 1. The van der Waals surface area contributed by atoms with Gasteiger partial charge in [0.2, 0.25) is 0 Å².